The van der Waals surface area contributed by atoms with Crippen LogP contribution in [0.5, 0.6) is 28.7 Å². The first-order valence-corrected chi connectivity index (χ1v) is 8.59. The van der Waals surface area contributed by atoms with Gasteiger partial charge >= 0.3 is 0 Å². The highest BCUT2D eigenvalue weighted by molar-refractivity contribution is 5.53. The lowest BCUT2D eigenvalue weighted by molar-refractivity contribution is 0.257. The molecular formula is C21H24O5. The Kier molecular flexibility index (Phi) is 4.98. The number of phenolic OH excluding ortho intramolecular Hbond substituents is 3. The summed E-state index contributed by atoms with van der Waals surface area (Å²) >= 11 is 0. The maximum Gasteiger partial charge on any atom is 0.161 e. The molecule has 0 aromatic heterocycles. The molecule has 26 heavy (non-hydrogen) atoms. The molecule has 0 saturated heterocycles. The van der Waals surface area contributed by atoms with Gasteiger partial charge in [-0.05, 0) is 49.9 Å². The number of fused-ring (bicyclic) bond motifs is 1. The smallest absolute Gasteiger partial charge is 0.161 e. The Morgan fingerprint density at radius 3 is 2.58 bits per heavy atom. The Balaban J connectivity index is 1.92. The number of methoxy groups -OCH3 is 1. The van der Waals surface area contributed by atoms with Crippen LogP contribution in [0.25, 0.3) is 0 Å². The monoisotopic (exact) mass is 356 g/mol. The normalized spacial score (nSPS) is 15.7. The van der Waals surface area contributed by atoms with Crippen molar-refractivity contribution in [3.05, 3.63) is 52.6 Å². The molecule has 3 rings (SSSR count). The largest absolute Gasteiger partial charge is 0.508 e. The fourth-order valence-corrected chi connectivity index (χ4v) is 3.21. The van der Waals surface area contributed by atoms with Gasteiger partial charge in [-0.3, -0.25) is 0 Å². The second-order valence-electron chi connectivity index (χ2n) is 6.87. The van der Waals surface area contributed by atoms with Crippen molar-refractivity contribution in [2.75, 3.05) is 13.7 Å². The highest BCUT2D eigenvalue weighted by Crippen LogP contribution is 2.42. The van der Waals surface area contributed by atoms with Crippen LogP contribution in [0.4, 0.5) is 0 Å². The van der Waals surface area contributed by atoms with Crippen molar-refractivity contribution in [1.29, 1.82) is 0 Å². The van der Waals surface area contributed by atoms with Gasteiger partial charge in [0.25, 0.3) is 0 Å². The average Bonchev–Trinajstić information content (AvgIpc) is 2.59. The second kappa shape index (κ2) is 7.20. The minimum atomic E-state index is -0.0974. The highest BCUT2D eigenvalue weighted by Gasteiger charge is 2.26. The van der Waals surface area contributed by atoms with Crippen LogP contribution >= 0.6 is 0 Å². The fourth-order valence-electron chi connectivity index (χ4n) is 3.21. The number of ether oxygens (including phenoxy) is 2. The van der Waals surface area contributed by atoms with Crippen LogP contribution in [0.1, 0.15) is 36.5 Å². The summed E-state index contributed by atoms with van der Waals surface area (Å²) in [5.41, 5.74) is 3.70. The molecule has 5 heteroatoms. The third kappa shape index (κ3) is 3.57. The molecule has 1 atom stereocenters. The zero-order chi connectivity index (χ0) is 18.8. The Labute approximate surface area is 153 Å². The standard InChI is InChI=1S/C21H24O5/c1-12(2)4-5-13-6-14-7-15(11-26-20(14)10-17(13)22)16-8-21(25-3)19(24)9-18(16)23/h4,6,8-10,15,22-24H,5,7,11H2,1-3H3/t15-/m0/s1. The molecule has 0 radical (unpaired) electrons. The molecule has 0 fully saturated rings. The maximum atomic E-state index is 10.2. The number of phenols is 3. The summed E-state index contributed by atoms with van der Waals surface area (Å²) < 4.78 is 11.0. The summed E-state index contributed by atoms with van der Waals surface area (Å²) in [6.45, 7) is 4.42. The van der Waals surface area contributed by atoms with Crippen LogP contribution in [0.15, 0.2) is 35.9 Å². The van der Waals surface area contributed by atoms with Crippen molar-refractivity contribution < 1.29 is 24.8 Å². The molecule has 0 aliphatic carbocycles. The molecule has 0 amide bonds. The first-order chi connectivity index (χ1) is 12.4. The van der Waals surface area contributed by atoms with E-state index in [0.29, 0.717) is 36.5 Å². The average molecular weight is 356 g/mol. The van der Waals surface area contributed by atoms with E-state index in [-0.39, 0.29) is 23.2 Å². The van der Waals surface area contributed by atoms with Gasteiger partial charge in [-0.2, -0.15) is 0 Å². The molecule has 0 unspecified atom stereocenters. The van der Waals surface area contributed by atoms with Crippen molar-refractivity contribution in [3.63, 3.8) is 0 Å². The molecular weight excluding hydrogens is 332 g/mol. The van der Waals surface area contributed by atoms with E-state index in [1.807, 2.05) is 19.9 Å². The van der Waals surface area contributed by atoms with Crippen molar-refractivity contribution >= 4 is 0 Å². The van der Waals surface area contributed by atoms with Crippen LogP contribution in [0.2, 0.25) is 0 Å². The van der Waals surface area contributed by atoms with Crippen molar-refractivity contribution in [2.24, 2.45) is 0 Å². The Hall–Kier alpha value is -2.82. The van der Waals surface area contributed by atoms with Gasteiger partial charge in [-0.1, -0.05) is 11.6 Å². The summed E-state index contributed by atoms with van der Waals surface area (Å²) in [5.74, 6) is 1.07. The lowest BCUT2D eigenvalue weighted by Crippen LogP contribution is -2.19. The molecule has 3 N–H and O–H groups in total. The number of hydrogen-bond acceptors (Lipinski definition) is 5. The lowest BCUT2D eigenvalue weighted by atomic mass is 9.88. The Bertz CT molecular complexity index is 850. The van der Waals surface area contributed by atoms with E-state index in [2.05, 4.69) is 6.08 Å². The predicted octanol–water partition coefficient (Wildman–Crippen LogP) is 4.04. The fraction of sp³-hybridized carbons (Fsp3) is 0.333. The minimum absolute atomic E-state index is 0.0175. The Morgan fingerprint density at radius 2 is 1.88 bits per heavy atom. The maximum absolute atomic E-state index is 10.2. The van der Waals surface area contributed by atoms with Gasteiger partial charge < -0.3 is 24.8 Å². The number of aromatic hydroxyl groups is 3. The van der Waals surface area contributed by atoms with Gasteiger partial charge in [0.1, 0.15) is 17.2 Å². The van der Waals surface area contributed by atoms with Gasteiger partial charge in [0.05, 0.1) is 13.7 Å². The zero-order valence-electron chi connectivity index (χ0n) is 15.2. The quantitative estimate of drug-likeness (QED) is 0.721. The van der Waals surface area contributed by atoms with Crippen LogP contribution < -0.4 is 9.47 Å². The SMILES string of the molecule is COc1cc([C@@H]2COc3cc(O)c(CC=C(C)C)cc3C2)c(O)cc1O. The molecule has 1 heterocycles. The topological polar surface area (TPSA) is 79.2 Å². The number of allylic oxidation sites excluding steroid dienone is 2. The molecule has 138 valence electrons. The summed E-state index contributed by atoms with van der Waals surface area (Å²) in [6.07, 6.45) is 3.39. The van der Waals surface area contributed by atoms with Crippen LogP contribution in [0, 0.1) is 0 Å². The van der Waals surface area contributed by atoms with Crippen LogP contribution in [-0.4, -0.2) is 29.0 Å². The first kappa shape index (κ1) is 18.0. The van der Waals surface area contributed by atoms with Gasteiger partial charge in [-0.25, -0.2) is 0 Å². The summed E-state index contributed by atoms with van der Waals surface area (Å²) in [4.78, 5) is 0. The van der Waals surface area contributed by atoms with Crippen molar-refractivity contribution in [2.45, 2.75) is 32.6 Å². The van der Waals surface area contributed by atoms with Crippen molar-refractivity contribution in [1.82, 2.24) is 0 Å². The van der Waals surface area contributed by atoms with E-state index in [4.69, 9.17) is 9.47 Å². The molecule has 1 aliphatic rings. The first-order valence-electron chi connectivity index (χ1n) is 8.59. The van der Waals surface area contributed by atoms with E-state index in [0.717, 1.165) is 11.1 Å². The van der Waals surface area contributed by atoms with Crippen molar-refractivity contribution in [3.8, 4) is 28.7 Å². The zero-order valence-corrected chi connectivity index (χ0v) is 15.2. The molecule has 1 aliphatic heterocycles. The molecule has 2 aromatic carbocycles. The third-order valence-corrected chi connectivity index (χ3v) is 4.67. The molecule has 5 nitrogen and oxygen atoms in total. The number of benzene rings is 2. The van der Waals surface area contributed by atoms with Crippen LogP contribution in [-0.2, 0) is 12.8 Å². The number of rotatable bonds is 4. The highest BCUT2D eigenvalue weighted by atomic mass is 16.5. The van der Waals surface area contributed by atoms with E-state index in [1.54, 1.807) is 12.1 Å². The minimum Gasteiger partial charge on any atom is -0.508 e. The van der Waals surface area contributed by atoms with E-state index < -0.39 is 0 Å². The lowest BCUT2D eigenvalue weighted by Gasteiger charge is -2.27. The van der Waals surface area contributed by atoms with Crippen LogP contribution in [0.3, 0.4) is 0 Å². The molecule has 2 aromatic rings. The second-order valence-corrected chi connectivity index (χ2v) is 6.87. The van der Waals surface area contributed by atoms with Gasteiger partial charge in [0, 0.05) is 23.6 Å². The molecule has 0 spiro atoms. The summed E-state index contributed by atoms with van der Waals surface area (Å²) in [6, 6.07) is 6.57. The molecule has 0 saturated carbocycles. The Morgan fingerprint density at radius 1 is 1.12 bits per heavy atom. The third-order valence-electron chi connectivity index (χ3n) is 4.67. The van der Waals surface area contributed by atoms with Gasteiger partial charge in [-0.15, -0.1) is 0 Å². The summed E-state index contributed by atoms with van der Waals surface area (Å²) in [5, 5.41) is 30.2. The predicted molar refractivity (Wildman–Crippen MR) is 99.5 cm³/mol. The number of hydrogen-bond donors (Lipinski definition) is 3. The summed E-state index contributed by atoms with van der Waals surface area (Å²) in [7, 11) is 1.47. The van der Waals surface area contributed by atoms with Gasteiger partial charge in [0.2, 0.25) is 0 Å². The molecule has 0 bridgehead atoms. The van der Waals surface area contributed by atoms with E-state index in [9.17, 15) is 15.3 Å². The van der Waals surface area contributed by atoms with E-state index in [1.165, 1.54) is 18.7 Å². The van der Waals surface area contributed by atoms with E-state index >= 15 is 0 Å². The van der Waals surface area contributed by atoms with Gasteiger partial charge in [0.15, 0.2) is 11.5 Å².